The Morgan fingerprint density at radius 2 is 2.00 bits per heavy atom. The number of aromatic nitrogens is 3. The van der Waals surface area contributed by atoms with Crippen molar-refractivity contribution in [3.8, 4) is 11.5 Å². The smallest absolute Gasteiger partial charge is 0.340 e. The molecule has 0 radical (unpaired) electrons. The van der Waals surface area contributed by atoms with Crippen LogP contribution in [-0.2, 0) is 12.7 Å². The van der Waals surface area contributed by atoms with Crippen molar-refractivity contribution < 1.29 is 17.7 Å². The molecule has 5 nitrogen and oxygen atoms in total. The number of halogens is 5. The molecule has 0 atom stereocenters. The zero-order valence-electron chi connectivity index (χ0n) is 14.3. The van der Waals surface area contributed by atoms with Crippen LogP contribution in [0.5, 0.6) is 0 Å². The molecule has 10 heteroatoms. The van der Waals surface area contributed by atoms with Crippen LogP contribution >= 0.6 is 27.5 Å². The summed E-state index contributed by atoms with van der Waals surface area (Å²) in [6.45, 7) is 7.12. The van der Waals surface area contributed by atoms with Gasteiger partial charge in [-0.3, -0.25) is 0 Å². The molecule has 0 aliphatic rings. The Morgan fingerprint density at radius 1 is 1.21 bits per heavy atom. The summed E-state index contributed by atoms with van der Waals surface area (Å²) < 4.78 is 47.9. The SMILES string of the molecule is [C-]#[N+]c1ccc2c(ccn2Cc2noc(-c3ccc(Cl)c(Br)c3)n2)c1C(F)(F)F. The lowest BCUT2D eigenvalue weighted by Crippen LogP contribution is -2.06. The van der Waals surface area contributed by atoms with Gasteiger partial charge in [0, 0.05) is 27.1 Å². The van der Waals surface area contributed by atoms with E-state index in [0.29, 0.717) is 26.4 Å². The number of hydrogen-bond acceptors (Lipinski definition) is 3. The van der Waals surface area contributed by atoms with Gasteiger partial charge in [0.15, 0.2) is 11.5 Å². The largest absolute Gasteiger partial charge is 0.408 e. The minimum atomic E-state index is -4.63. The molecule has 4 rings (SSSR count). The predicted octanol–water partition coefficient (Wildman–Crippen LogP) is 6.73. The lowest BCUT2D eigenvalue weighted by atomic mass is 10.1. The van der Waals surface area contributed by atoms with E-state index in [4.69, 9.17) is 22.7 Å². The highest BCUT2D eigenvalue weighted by Gasteiger charge is 2.36. The van der Waals surface area contributed by atoms with E-state index in [1.54, 1.807) is 22.8 Å². The van der Waals surface area contributed by atoms with E-state index >= 15 is 0 Å². The third-order valence-corrected chi connectivity index (χ3v) is 5.50. The zero-order valence-corrected chi connectivity index (χ0v) is 16.7. The van der Waals surface area contributed by atoms with Crippen molar-refractivity contribution in [3.63, 3.8) is 0 Å². The van der Waals surface area contributed by atoms with Crippen LogP contribution in [0.2, 0.25) is 5.02 Å². The quantitative estimate of drug-likeness (QED) is 0.305. The van der Waals surface area contributed by atoms with Crippen LogP contribution in [0.15, 0.2) is 51.6 Å². The molecule has 0 saturated heterocycles. The van der Waals surface area contributed by atoms with Crippen LogP contribution in [0.25, 0.3) is 27.2 Å². The Morgan fingerprint density at radius 3 is 2.69 bits per heavy atom. The number of nitrogens with zero attached hydrogens (tertiary/aromatic N) is 4. The number of alkyl halides is 3. The monoisotopic (exact) mass is 480 g/mol. The van der Waals surface area contributed by atoms with Crippen molar-refractivity contribution in [2.75, 3.05) is 0 Å². The molecule has 0 aliphatic heterocycles. The summed E-state index contributed by atoms with van der Waals surface area (Å²) in [5.41, 5.74) is -0.398. The third kappa shape index (κ3) is 3.61. The molecule has 0 bridgehead atoms. The molecule has 0 amide bonds. The zero-order chi connectivity index (χ0) is 20.8. The van der Waals surface area contributed by atoms with Gasteiger partial charge in [-0.05, 0) is 46.3 Å². The molecular formula is C19H9BrClF3N4O. The number of rotatable bonds is 3. The molecule has 0 aliphatic carbocycles. The van der Waals surface area contributed by atoms with Crippen LogP contribution in [0.3, 0.4) is 0 Å². The van der Waals surface area contributed by atoms with Gasteiger partial charge in [0.2, 0.25) is 0 Å². The first-order valence-electron chi connectivity index (χ1n) is 8.12. The average Bonchev–Trinajstić information content (AvgIpc) is 3.30. The fourth-order valence-corrected chi connectivity index (χ4v) is 3.50. The maximum Gasteiger partial charge on any atom is 0.408 e. The maximum atomic E-state index is 13.4. The van der Waals surface area contributed by atoms with E-state index in [9.17, 15) is 13.2 Å². The van der Waals surface area contributed by atoms with Crippen molar-refractivity contribution in [3.05, 3.63) is 74.9 Å². The minimum Gasteiger partial charge on any atom is -0.340 e. The molecule has 2 aromatic carbocycles. The van der Waals surface area contributed by atoms with Crippen LogP contribution in [0.4, 0.5) is 18.9 Å². The van der Waals surface area contributed by atoms with Crippen LogP contribution in [-0.4, -0.2) is 14.7 Å². The summed E-state index contributed by atoms with van der Waals surface area (Å²) in [6, 6.07) is 9.11. The Hall–Kier alpha value is -2.83. The molecular weight excluding hydrogens is 473 g/mol. The van der Waals surface area contributed by atoms with E-state index in [2.05, 4.69) is 30.9 Å². The highest BCUT2D eigenvalue weighted by atomic mass is 79.9. The van der Waals surface area contributed by atoms with Gasteiger partial charge in [-0.15, -0.1) is 0 Å². The van der Waals surface area contributed by atoms with Crippen molar-refractivity contribution in [1.29, 1.82) is 0 Å². The van der Waals surface area contributed by atoms with Crippen molar-refractivity contribution >= 4 is 44.1 Å². The van der Waals surface area contributed by atoms with Gasteiger partial charge in [0.25, 0.3) is 5.89 Å². The Labute approximate surface area is 175 Å². The minimum absolute atomic E-state index is 0.0450. The van der Waals surface area contributed by atoms with Crippen molar-refractivity contribution in [2.24, 2.45) is 0 Å². The summed E-state index contributed by atoms with van der Waals surface area (Å²) in [5, 5.41) is 4.39. The number of benzene rings is 2. The topological polar surface area (TPSA) is 48.2 Å². The van der Waals surface area contributed by atoms with Crippen LogP contribution in [0, 0.1) is 6.57 Å². The molecule has 0 saturated carbocycles. The number of fused-ring (bicyclic) bond motifs is 1. The second kappa shape index (κ2) is 7.21. The first-order chi connectivity index (χ1) is 13.8. The third-order valence-electron chi connectivity index (χ3n) is 4.28. The standard InChI is InChI=1S/C19H9BrClF3N4O/c1-25-14-4-5-15-11(17(14)19(22,23)24)6-7-28(15)9-16-26-18(29-27-16)10-2-3-13(21)12(20)8-10/h2-8H,9H2. The summed E-state index contributed by atoms with van der Waals surface area (Å²) in [7, 11) is 0. The summed E-state index contributed by atoms with van der Waals surface area (Å²) in [4.78, 5) is 7.30. The fraction of sp³-hybridized carbons (Fsp3) is 0.105. The molecule has 0 unspecified atom stereocenters. The lowest BCUT2D eigenvalue weighted by Gasteiger charge is -2.11. The van der Waals surface area contributed by atoms with E-state index in [1.165, 1.54) is 24.4 Å². The Bertz CT molecular complexity index is 1270. The molecule has 146 valence electrons. The second-order valence-corrected chi connectivity index (χ2v) is 7.35. The van der Waals surface area contributed by atoms with E-state index in [0.717, 1.165) is 0 Å². The number of hydrogen-bond donors (Lipinski definition) is 0. The van der Waals surface area contributed by atoms with Gasteiger partial charge in [-0.2, -0.15) is 18.2 Å². The fourth-order valence-electron chi connectivity index (χ4n) is 3.01. The lowest BCUT2D eigenvalue weighted by molar-refractivity contribution is -0.135. The van der Waals surface area contributed by atoms with Gasteiger partial charge in [-0.1, -0.05) is 22.8 Å². The van der Waals surface area contributed by atoms with E-state index < -0.39 is 17.4 Å². The van der Waals surface area contributed by atoms with Gasteiger partial charge in [0.05, 0.1) is 23.7 Å². The average molecular weight is 482 g/mol. The van der Waals surface area contributed by atoms with Gasteiger partial charge >= 0.3 is 6.18 Å². The Balaban J connectivity index is 1.70. The van der Waals surface area contributed by atoms with E-state index in [-0.39, 0.29) is 17.8 Å². The molecule has 0 spiro atoms. The molecule has 4 aromatic rings. The summed E-state index contributed by atoms with van der Waals surface area (Å²) in [5.74, 6) is 0.562. The van der Waals surface area contributed by atoms with Crippen molar-refractivity contribution in [2.45, 2.75) is 12.7 Å². The second-order valence-electron chi connectivity index (χ2n) is 6.09. The highest BCUT2D eigenvalue weighted by molar-refractivity contribution is 9.10. The van der Waals surface area contributed by atoms with Crippen LogP contribution < -0.4 is 0 Å². The van der Waals surface area contributed by atoms with Gasteiger partial charge in [-0.25, -0.2) is 4.85 Å². The molecule has 29 heavy (non-hydrogen) atoms. The summed E-state index contributed by atoms with van der Waals surface area (Å²) >= 11 is 9.30. The molecule has 2 heterocycles. The predicted molar refractivity (Wildman–Crippen MR) is 105 cm³/mol. The molecule has 0 N–H and O–H groups in total. The Kier molecular flexibility index (Phi) is 4.84. The highest BCUT2D eigenvalue weighted by Crippen LogP contribution is 2.41. The van der Waals surface area contributed by atoms with E-state index in [1.807, 2.05) is 0 Å². The molecule has 2 aromatic heterocycles. The van der Waals surface area contributed by atoms with Gasteiger partial charge in [0.1, 0.15) is 0 Å². The first kappa shape index (κ1) is 19.5. The van der Waals surface area contributed by atoms with Gasteiger partial charge < -0.3 is 9.09 Å². The normalized spacial score (nSPS) is 11.7. The maximum absolute atomic E-state index is 13.4. The van der Waals surface area contributed by atoms with Crippen molar-refractivity contribution in [1.82, 2.24) is 14.7 Å². The van der Waals surface area contributed by atoms with Crippen LogP contribution in [0.1, 0.15) is 11.4 Å². The molecule has 0 fully saturated rings. The first-order valence-corrected chi connectivity index (χ1v) is 9.29. The summed E-state index contributed by atoms with van der Waals surface area (Å²) in [6.07, 6.45) is -3.13.